The second-order valence-electron chi connectivity index (χ2n) is 7.03. The topological polar surface area (TPSA) is 75.7 Å². The molecule has 0 aromatic heterocycles. The molecule has 0 saturated heterocycles. The lowest BCUT2D eigenvalue weighted by atomic mass is 10.00. The van der Waals surface area contributed by atoms with Crippen LogP contribution in [0.15, 0.2) is 83.8 Å². The molecular weight excluding hydrogens is 400 g/mol. The van der Waals surface area contributed by atoms with Crippen molar-refractivity contribution in [2.24, 2.45) is 0 Å². The van der Waals surface area contributed by atoms with Crippen molar-refractivity contribution >= 4 is 21.6 Å². The molecule has 0 bridgehead atoms. The third-order valence-electron chi connectivity index (χ3n) is 5.16. The molecular formula is C23H22N2O4S. The molecule has 0 unspecified atom stereocenters. The average Bonchev–Trinajstić information content (AvgIpc) is 2.79. The number of nitrogens with one attached hydrogen (secondary N) is 1. The Kier molecular flexibility index (Phi) is 5.46. The van der Waals surface area contributed by atoms with Crippen molar-refractivity contribution in [1.82, 2.24) is 5.32 Å². The maximum absolute atomic E-state index is 12.9. The maximum atomic E-state index is 12.9. The van der Waals surface area contributed by atoms with Gasteiger partial charge < -0.3 is 10.1 Å². The van der Waals surface area contributed by atoms with Crippen LogP contribution in [0, 0.1) is 0 Å². The zero-order chi connectivity index (χ0) is 21.1. The summed E-state index contributed by atoms with van der Waals surface area (Å²) in [6.07, 6.45) is 0.678. The first kappa shape index (κ1) is 20.0. The van der Waals surface area contributed by atoms with Crippen molar-refractivity contribution in [3.63, 3.8) is 0 Å². The Morgan fingerprint density at radius 1 is 0.967 bits per heavy atom. The van der Waals surface area contributed by atoms with E-state index in [2.05, 4.69) is 5.32 Å². The van der Waals surface area contributed by atoms with E-state index in [0.29, 0.717) is 24.3 Å². The van der Waals surface area contributed by atoms with Gasteiger partial charge in [-0.05, 0) is 42.5 Å². The van der Waals surface area contributed by atoms with Crippen LogP contribution in [0.5, 0.6) is 5.75 Å². The summed E-state index contributed by atoms with van der Waals surface area (Å²) in [7, 11) is -2.21. The number of nitrogens with zero attached hydrogens (tertiary/aromatic N) is 1. The van der Waals surface area contributed by atoms with Crippen molar-refractivity contribution in [2.75, 3.05) is 18.0 Å². The van der Waals surface area contributed by atoms with Crippen LogP contribution >= 0.6 is 0 Å². The Hall–Kier alpha value is -3.32. The van der Waals surface area contributed by atoms with Crippen LogP contribution in [-0.4, -0.2) is 28.0 Å². The van der Waals surface area contributed by atoms with Crippen LogP contribution < -0.4 is 14.4 Å². The van der Waals surface area contributed by atoms with Gasteiger partial charge in [-0.1, -0.05) is 36.4 Å². The van der Waals surface area contributed by atoms with Crippen molar-refractivity contribution in [3.05, 3.63) is 90.0 Å². The highest BCUT2D eigenvalue weighted by molar-refractivity contribution is 7.92. The lowest BCUT2D eigenvalue weighted by molar-refractivity contribution is 0.0924. The Morgan fingerprint density at radius 3 is 2.37 bits per heavy atom. The highest BCUT2D eigenvalue weighted by Gasteiger charge is 2.24. The van der Waals surface area contributed by atoms with Crippen LogP contribution in [0.3, 0.4) is 0 Å². The molecule has 0 fully saturated rings. The van der Waals surface area contributed by atoms with E-state index >= 15 is 0 Å². The molecule has 6 nitrogen and oxygen atoms in total. The Labute approximate surface area is 176 Å². The van der Waals surface area contributed by atoms with Gasteiger partial charge in [0.1, 0.15) is 5.75 Å². The number of amides is 1. The molecule has 0 spiro atoms. The third kappa shape index (κ3) is 3.89. The van der Waals surface area contributed by atoms with Gasteiger partial charge in [-0.25, -0.2) is 8.42 Å². The molecule has 1 atom stereocenters. The fraction of sp³-hybridized carbons (Fsp3) is 0.174. The summed E-state index contributed by atoms with van der Waals surface area (Å²) in [4.78, 5) is 12.9. The molecule has 1 heterocycles. The molecule has 1 aliphatic rings. The molecule has 154 valence electrons. The van der Waals surface area contributed by atoms with Crippen molar-refractivity contribution < 1.29 is 17.9 Å². The lowest BCUT2D eigenvalue weighted by Crippen LogP contribution is -2.32. The molecule has 1 amide bonds. The van der Waals surface area contributed by atoms with Crippen LogP contribution in [0.25, 0.3) is 0 Å². The number of para-hydroxylation sites is 2. The average molecular weight is 423 g/mol. The number of anilines is 1. The Balaban J connectivity index is 1.51. The fourth-order valence-corrected chi connectivity index (χ4v) is 4.64. The number of ether oxygens (including phenoxy) is 1. The first-order valence-electron chi connectivity index (χ1n) is 9.63. The van der Waals surface area contributed by atoms with E-state index in [-0.39, 0.29) is 16.8 Å². The van der Waals surface area contributed by atoms with Gasteiger partial charge in [-0.15, -0.1) is 0 Å². The number of fused-ring (bicyclic) bond motifs is 1. The molecule has 4 rings (SSSR count). The molecule has 0 aliphatic carbocycles. The van der Waals surface area contributed by atoms with E-state index in [1.54, 1.807) is 24.3 Å². The van der Waals surface area contributed by atoms with Gasteiger partial charge in [-0.2, -0.15) is 0 Å². The van der Waals surface area contributed by atoms with E-state index in [0.717, 1.165) is 11.3 Å². The number of benzene rings is 3. The quantitative estimate of drug-likeness (QED) is 0.679. The van der Waals surface area contributed by atoms with E-state index in [9.17, 15) is 13.2 Å². The molecule has 1 aliphatic heterocycles. The number of carbonyl (C=O) groups excluding carboxylic acids is 1. The SMILES string of the molecule is CN(c1ccccc1)S(=O)(=O)c1ccc(C(=O)N[C@@H]2CCOc3ccccc32)cc1. The van der Waals surface area contributed by atoms with E-state index in [1.807, 2.05) is 30.3 Å². The number of sulfonamides is 1. The minimum absolute atomic E-state index is 0.127. The van der Waals surface area contributed by atoms with Crippen LogP contribution in [0.2, 0.25) is 0 Å². The van der Waals surface area contributed by atoms with Gasteiger partial charge >= 0.3 is 0 Å². The zero-order valence-corrected chi connectivity index (χ0v) is 17.3. The Morgan fingerprint density at radius 2 is 1.63 bits per heavy atom. The zero-order valence-electron chi connectivity index (χ0n) is 16.5. The van der Waals surface area contributed by atoms with E-state index in [4.69, 9.17) is 4.74 Å². The summed E-state index contributed by atoms with van der Waals surface area (Å²) >= 11 is 0. The second kappa shape index (κ2) is 8.20. The number of carbonyl (C=O) groups is 1. The predicted molar refractivity (Wildman–Crippen MR) is 115 cm³/mol. The molecule has 30 heavy (non-hydrogen) atoms. The van der Waals surface area contributed by atoms with E-state index < -0.39 is 10.0 Å². The highest BCUT2D eigenvalue weighted by atomic mass is 32.2. The van der Waals surface area contributed by atoms with Gasteiger partial charge in [-0.3, -0.25) is 9.10 Å². The van der Waals surface area contributed by atoms with Crippen LogP contribution in [-0.2, 0) is 10.0 Å². The van der Waals surface area contributed by atoms with Gasteiger partial charge in [0.2, 0.25) is 0 Å². The van der Waals surface area contributed by atoms with Crippen LogP contribution in [0.1, 0.15) is 28.4 Å². The number of hydrogen-bond acceptors (Lipinski definition) is 4. The minimum Gasteiger partial charge on any atom is -0.493 e. The van der Waals surface area contributed by atoms with Crippen molar-refractivity contribution in [3.8, 4) is 5.75 Å². The summed E-state index contributed by atoms with van der Waals surface area (Å²) in [6, 6.07) is 22.3. The standard InChI is InChI=1S/C23H22N2O4S/c1-25(18-7-3-2-4-8-18)30(27,28)19-13-11-17(12-14-19)23(26)24-21-15-16-29-22-10-6-5-9-20(21)22/h2-14,21H,15-16H2,1H3,(H,24,26)/t21-/m1/s1. The molecule has 1 N–H and O–H groups in total. The molecule has 0 saturated carbocycles. The monoisotopic (exact) mass is 422 g/mol. The van der Waals surface area contributed by atoms with Crippen LogP contribution in [0.4, 0.5) is 5.69 Å². The fourth-order valence-electron chi connectivity index (χ4n) is 3.45. The molecule has 3 aromatic carbocycles. The largest absolute Gasteiger partial charge is 0.493 e. The molecule has 3 aromatic rings. The van der Waals surface area contributed by atoms with Crippen molar-refractivity contribution in [2.45, 2.75) is 17.4 Å². The second-order valence-corrected chi connectivity index (χ2v) is 9.00. The Bertz CT molecular complexity index is 1150. The summed E-state index contributed by atoms with van der Waals surface area (Å²) in [5, 5.41) is 3.02. The number of hydrogen-bond donors (Lipinski definition) is 1. The third-order valence-corrected chi connectivity index (χ3v) is 6.96. The maximum Gasteiger partial charge on any atom is 0.264 e. The highest BCUT2D eigenvalue weighted by Crippen LogP contribution is 2.31. The van der Waals surface area contributed by atoms with Gasteiger partial charge in [0.15, 0.2) is 0 Å². The summed E-state index contributed by atoms with van der Waals surface area (Å²) in [5.74, 6) is 0.525. The summed E-state index contributed by atoms with van der Waals surface area (Å²) in [5.41, 5.74) is 1.92. The van der Waals surface area contributed by atoms with E-state index in [1.165, 1.54) is 35.6 Å². The van der Waals surface area contributed by atoms with Gasteiger partial charge in [0, 0.05) is 24.6 Å². The summed E-state index contributed by atoms with van der Waals surface area (Å²) in [6.45, 7) is 0.533. The molecule has 7 heteroatoms. The first-order valence-corrected chi connectivity index (χ1v) is 11.1. The summed E-state index contributed by atoms with van der Waals surface area (Å²) < 4.78 is 32.6. The minimum atomic E-state index is -3.72. The van der Waals surface area contributed by atoms with Gasteiger partial charge in [0.05, 0.1) is 23.2 Å². The predicted octanol–water partition coefficient (Wildman–Crippen LogP) is 3.77. The van der Waals surface area contributed by atoms with Crippen molar-refractivity contribution in [1.29, 1.82) is 0 Å². The first-order chi connectivity index (χ1) is 14.5. The lowest BCUT2D eigenvalue weighted by Gasteiger charge is -2.26. The molecule has 0 radical (unpaired) electrons. The normalized spacial score (nSPS) is 15.6. The number of rotatable bonds is 5. The smallest absolute Gasteiger partial charge is 0.264 e. The van der Waals surface area contributed by atoms with Gasteiger partial charge in [0.25, 0.3) is 15.9 Å².